The van der Waals surface area contributed by atoms with Crippen LogP contribution in [0.1, 0.15) is 25.7 Å². The lowest BCUT2D eigenvalue weighted by Crippen LogP contribution is -2.21. The molecule has 58 valence electrons. The van der Waals surface area contributed by atoms with Crippen LogP contribution in [-0.4, -0.2) is 11.2 Å². The van der Waals surface area contributed by atoms with Gasteiger partial charge in [-0.2, -0.15) is 0 Å². The van der Waals surface area contributed by atoms with Gasteiger partial charge in [-0.1, -0.05) is 12.8 Å². The molecule has 2 N–H and O–H groups in total. The highest BCUT2D eigenvalue weighted by atomic mass is 35.5. The van der Waals surface area contributed by atoms with E-state index in [0.717, 1.165) is 12.8 Å². The molecule has 1 aliphatic rings. The van der Waals surface area contributed by atoms with Crippen LogP contribution in [0.15, 0.2) is 0 Å². The van der Waals surface area contributed by atoms with E-state index in [2.05, 4.69) is 5.48 Å². The molecule has 1 saturated carbocycles. The fourth-order valence-electron chi connectivity index (χ4n) is 1.05. The Balaban J connectivity index is 0. The summed E-state index contributed by atoms with van der Waals surface area (Å²) in [6.07, 6.45) is 4.85. The van der Waals surface area contributed by atoms with E-state index in [4.69, 9.17) is 5.21 Å². The Bertz CT molecular complexity index is 56.9. The third-order valence-electron chi connectivity index (χ3n) is 1.54. The first-order valence-corrected chi connectivity index (χ1v) is 2.83. The molecule has 1 rings (SSSR count). The van der Waals surface area contributed by atoms with Gasteiger partial charge in [0, 0.05) is 6.04 Å². The van der Waals surface area contributed by atoms with Gasteiger partial charge in [0.25, 0.3) is 0 Å². The van der Waals surface area contributed by atoms with Gasteiger partial charge in [0.15, 0.2) is 0 Å². The summed E-state index contributed by atoms with van der Waals surface area (Å²) in [7, 11) is 0. The molecule has 0 aliphatic heterocycles. The van der Waals surface area contributed by atoms with Crippen LogP contribution in [0.25, 0.3) is 0 Å². The van der Waals surface area contributed by atoms with Crippen molar-refractivity contribution in [3.63, 3.8) is 0 Å². The Hall–Kier alpha value is 0.500. The van der Waals surface area contributed by atoms with Crippen molar-refractivity contribution >= 4 is 24.8 Å². The molecule has 0 heterocycles. The Morgan fingerprint density at radius 3 is 1.78 bits per heavy atom. The summed E-state index contributed by atoms with van der Waals surface area (Å²) in [4.78, 5) is 0. The number of hydroxylamine groups is 1. The summed E-state index contributed by atoms with van der Waals surface area (Å²) in [5.74, 6) is 0. The summed E-state index contributed by atoms with van der Waals surface area (Å²) in [5, 5.41) is 8.32. The molecule has 0 aromatic heterocycles. The van der Waals surface area contributed by atoms with E-state index in [1.165, 1.54) is 12.8 Å². The van der Waals surface area contributed by atoms with E-state index in [-0.39, 0.29) is 24.8 Å². The average molecular weight is 174 g/mol. The van der Waals surface area contributed by atoms with Gasteiger partial charge in [0.2, 0.25) is 0 Å². The third kappa shape index (κ3) is 3.98. The van der Waals surface area contributed by atoms with E-state index < -0.39 is 0 Å². The molecule has 0 unspecified atom stereocenters. The lowest BCUT2D eigenvalue weighted by molar-refractivity contribution is 0.128. The number of hydrogen-bond donors (Lipinski definition) is 2. The van der Waals surface area contributed by atoms with E-state index >= 15 is 0 Å². The van der Waals surface area contributed by atoms with Crippen molar-refractivity contribution in [3.8, 4) is 0 Å². The molecule has 0 aromatic carbocycles. The molecule has 2 nitrogen and oxygen atoms in total. The summed E-state index contributed by atoms with van der Waals surface area (Å²) in [6, 6.07) is 0.403. The third-order valence-corrected chi connectivity index (χ3v) is 1.54. The van der Waals surface area contributed by atoms with Crippen molar-refractivity contribution in [2.24, 2.45) is 0 Å². The summed E-state index contributed by atoms with van der Waals surface area (Å²) in [6.45, 7) is 0. The Morgan fingerprint density at radius 1 is 1.11 bits per heavy atom. The molecule has 0 radical (unpaired) electrons. The first kappa shape index (κ1) is 12.2. The predicted octanol–water partition coefficient (Wildman–Crippen LogP) is 1.75. The largest absolute Gasteiger partial charge is 0.317 e. The molecule has 0 atom stereocenters. The zero-order valence-corrected chi connectivity index (χ0v) is 6.80. The van der Waals surface area contributed by atoms with Crippen LogP contribution in [0, 0.1) is 0 Å². The number of halogens is 2. The molecule has 0 amide bonds. The fraction of sp³-hybridized carbons (Fsp3) is 1.00. The van der Waals surface area contributed by atoms with Gasteiger partial charge in [-0.15, -0.1) is 24.8 Å². The summed E-state index contributed by atoms with van der Waals surface area (Å²) < 4.78 is 0. The maximum absolute atomic E-state index is 8.32. The van der Waals surface area contributed by atoms with Crippen molar-refractivity contribution in [1.29, 1.82) is 0 Å². The van der Waals surface area contributed by atoms with Gasteiger partial charge >= 0.3 is 0 Å². The zero-order valence-electron chi connectivity index (χ0n) is 5.17. The molecular weight excluding hydrogens is 161 g/mol. The SMILES string of the molecule is Cl.Cl.ONC1CCCC1. The van der Waals surface area contributed by atoms with Gasteiger partial charge in [-0.3, -0.25) is 0 Å². The van der Waals surface area contributed by atoms with Gasteiger partial charge in [0.05, 0.1) is 0 Å². The van der Waals surface area contributed by atoms with Crippen LogP contribution in [0.2, 0.25) is 0 Å². The molecule has 9 heavy (non-hydrogen) atoms. The molecule has 0 aromatic rings. The van der Waals surface area contributed by atoms with Crippen LogP contribution < -0.4 is 5.48 Å². The van der Waals surface area contributed by atoms with Crippen molar-refractivity contribution in [2.45, 2.75) is 31.7 Å². The van der Waals surface area contributed by atoms with Gasteiger partial charge in [0.1, 0.15) is 0 Å². The minimum atomic E-state index is 0. The Kier molecular flexibility index (Phi) is 8.97. The molecular formula is C5H13Cl2NO. The first-order chi connectivity index (χ1) is 3.43. The summed E-state index contributed by atoms with van der Waals surface area (Å²) in [5.41, 5.74) is 2.26. The second-order valence-corrected chi connectivity index (χ2v) is 2.11. The highest BCUT2D eigenvalue weighted by Gasteiger charge is 2.11. The van der Waals surface area contributed by atoms with E-state index in [9.17, 15) is 0 Å². The van der Waals surface area contributed by atoms with Crippen LogP contribution in [0.4, 0.5) is 0 Å². The maximum Gasteiger partial charge on any atom is 0.0319 e. The lowest BCUT2D eigenvalue weighted by atomic mass is 10.3. The number of hydrogen-bond acceptors (Lipinski definition) is 2. The highest BCUT2D eigenvalue weighted by Crippen LogP contribution is 2.16. The molecule has 0 saturated heterocycles. The second kappa shape index (κ2) is 6.62. The normalized spacial score (nSPS) is 18.3. The van der Waals surface area contributed by atoms with Gasteiger partial charge in [-0.25, -0.2) is 5.48 Å². The highest BCUT2D eigenvalue weighted by molar-refractivity contribution is 5.85. The topological polar surface area (TPSA) is 32.3 Å². The zero-order chi connectivity index (χ0) is 5.11. The number of nitrogens with one attached hydrogen (secondary N) is 1. The standard InChI is InChI=1S/C5H11NO.2ClH/c7-6-5-3-1-2-4-5;;/h5-7H,1-4H2;2*1H. The van der Waals surface area contributed by atoms with Crippen LogP contribution in [0.5, 0.6) is 0 Å². The molecule has 0 spiro atoms. The lowest BCUT2D eigenvalue weighted by Gasteiger charge is -2.01. The minimum absolute atomic E-state index is 0. The van der Waals surface area contributed by atoms with Crippen molar-refractivity contribution in [2.75, 3.05) is 0 Å². The van der Waals surface area contributed by atoms with E-state index in [1.54, 1.807) is 0 Å². The van der Waals surface area contributed by atoms with Crippen LogP contribution in [-0.2, 0) is 0 Å². The smallest absolute Gasteiger partial charge is 0.0319 e. The van der Waals surface area contributed by atoms with Crippen LogP contribution >= 0.6 is 24.8 Å². The number of rotatable bonds is 1. The minimum Gasteiger partial charge on any atom is -0.317 e. The molecule has 0 bridgehead atoms. The van der Waals surface area contributed by atoms with Crippen molar-refractivity contribution in [1.82, 2.24) is 5.48 Å². The second-order valence-electron chi connectivity index (χ2n) is 2.11. The monoisotopic (exact) mass is 173 g/mol. The van der Waals surface area contributed by atoms with Gasteiger partial charge < -0.3 is 5.21 Å². The Morgan fingerprint density at radius 2 is 1.56 bits per heavy atom. The van der Waals surface area contributed by atoms with Crippen LogP contribution in [0.3, 0.4) is 0 Å². The van der Waals surface area contributed by atoms with Gasteiger partial charge in [-0.05, 0) is 12.8 Å². The van der Waals surface area contributed by atoms with Crippen molar-refractivity contribution < 1.29 is 5.21 Å². The van der Waals surface area contributed by atoms with Crippen molar-refractivity contribution in [3.05, 3.63) is 0 Å². The molecule has 1 aliphatic carbocycles. The van der Waals surface area contributed by atoms with E-state index in [1.807, 2.05) is 0 Å². The fourth-order valence-corrected chi connectivity index (χ4v) is 1.05. The summed E-state index contributed by atoms with van der Waals surface area (Å²) >= 11 is 0. The maximum atomic E-state index is 8.32. The molecule has 1 fully saturated rings. The predicted molar refractivity (Wildman–Crippen MR) is 41.7 cm³/mol. The average Bonchev–Trinajstić information content (AvgIpc) is 2.14. The Labute approximate surface area is 67.8 Å². The molecule has 4 heteroatoms. The quantitative estimate of drug-likeness (QED) is 0.593. The van der Waals surface area contributed by atoms with E-state index in [0.29, 0.717) is 6.04 Å². The first-order valence-electron chi connectivity index (χ1n) is 2.83.